The van der Waals surface area contributed by atoms with Gasteiger partial charge in [0.05, 0.1) is 5.56 Å². The molecule has 0 heterocycles. The zero-order chi connectivity index (χ0) is 14.7. The van der Waals surface area contributed by atoms with Gasteiger partial charge in [-0.1, -0.05) is 48.9 Å². The number of halogens is 1. The van der Waals surface area contributed by atoms with Crippen molar-refractivity contribution in [1.82, 2.24) is 0 Å². The lowest BCUT2D eigenvalue weighted by Gasteiger charge is -2.16. The molecule has 0 radical (unpaired) electrons. The number of carbonyl (C=O) groups excluding carboxylic acids is 1. The third kappa shape index (κ3) is 2.73. The second-order valence-corrected chi connectivity index (χ2v) is 4.92. The van der Waals surface area contributed by atoms with E-state index < -0.39 is 5.97 Å². The molecule has 1 unspecified atom stereocenters. The molecule has 0 aliphatic rings. The van der Waals surface area contributed by atoms with Crippen molar-refractivity contribution < 1.29 is 14.7 Å². The number of aldehydes is 1. The fourth-order valence-corrected chi connectivity index (χ4v) is 2.56. The van der Waals surface area contributed by atoms with Crippen molar-refractivity contribution in [2.24, 2.45) is 0 Å². The fourth-order valence-electron chi connectivity index (χ4n) is 2.20. The molecule has 0 aliphatic heterocycles. The van der Waals surface area contributed by atoms with Crippen molar-refractivity contribution in [2.45, 2.75) is 12.8 Å². The summed E-state index contributed by atoms with van der Waals surface area (Å²) >= 11 is 6.18. The largest absolute Gasteiger partial charge is 0.478 e. The lowest BCUT2D eigenvalue weighted by atomic mass is 9.89. The van der Waals surface area contributed by atoms with Gasteiger partial charge in [-0.3, -0.25) is 4.79 Å². The van der Waals surface area contributed by atoms with Crippen LogP contribution in [-0.2, 0) is 0 Å². The summed E-state index contributed by atoms with van der Waals surface area (Å²) < 4.78 is 0. The highest BCUT2D eigenvalue weighted by atomic mass is 35.5. The van der Waals surface area contributed by atoms with E-state index in [4.69, 9.17) is 11.6 Å². The number of carbonyl (C=O) groups is 2. The minimum atomic E-state index is -0.965. The first-order chi connectivity index (χ1) is 9.54. The molecule has 2 aromatic rings. The topological polar surface area (TPSA) is 54.4 Å². The van der Waals surface area contributed by atoms with Crippen LogP contribution < -0.4 is 0 Å². The standard InChI is InChI=1S/C16H13ClO3/c1-10(12-4-2-3-5-14(12)16(19)20)13-7-6-11(9-18)8-15(13)17/h2-10H,1H3,(H,19,20). The van der Waals surface area contributed by atoms with E-state index in [1.54, 1.807) is 42.5 Å². The van der Waals surface area contributed by atoms with Crippen molar-refractivity contribution in [3.05, 3.63) is 69.7 Å². The first-order valence-corrected chi connectivity index (χ1v) is 6.49. The van der Waals surface area contributed by atoms with E-state index >= 15 is 0 Å². The van der Waals surface area contributed by atoms with E-state index in [-0.39, 0.29) is 11.5 Å². The fraction of sp³-hybridized carbons (Fsp3) is 0.125. The average molecular weight is 289 g/mol. The molecule has 102 valence electrons. The Labute approximate surface area is 121 Å². The maximum Gasteiger partial charge on any atom is 0.335 e. The summed E-state index contributed by atoms with van der Waals surface area (Å²) in [5, 5.41) is 9.69. The number of hydrogen-bond donors (Lipinski definition) is 1. The van der Waals surface area contributed by atoms with E-state index in [1.165, 1.54) is 0 Å². The maximum atomic E-state index is 11.3. The predicted molar refractivity (Wildman–Crippen MR) is 77.8 cm³/mol. The third-order valence-corrected chi connectivity index (χ3v) is 3.61. The molecule has 1 atom stereocenters. The van der Waals surface area contributed by atoms with Crippen molar-refractivity contribution >= 4 is 23.9 Å². The number of rotatable bonds is 4. The van der Waals surface area contributed by atoms with Crippen LogP contribution in [0.4, 0.5) is 0 Å². The van der Waals surface area contributed by atoms with Crippen LogP contribution in [-0.4, -0.2) is 17.4 Å². The van der Waals surface area contributed by atoms with E-state index in [9.17, 15) is 14.7 Å². The summed E-state index contributed by atoms with van der Waals surface area (Å²) in [6, 6.07) is 11.9. The van der Waals surface area contributed by atoms with Crippen molar-refractivity contribution in [3.8, 4) is 0 Å². The molecule has 0 bridgehead atoms. The molecule has 0 spiro atoms. The van der Waals surface area contributed by atoms with Crippen LogP contribution in [0.5, 0.6) is 0 Å². The van der Waals surface area contributed by atoms with E-state index in [1.807, 2.05) is 6.92 Å². The van der Waals surface area contributed by atoms with Crippen LogP contribution in [0.1, 0.15) is 44.7 Å². The Bertz CT molecular complexity index is 665. The monoisotopic (exact) mass is 288 g/mol. The number of hydrogen-bond acceptors (Lipinski definition) is 2. The highest BCUT2D eigenvalue weighted by molar-refractivity contribution is 6.31. The van der Waals surface area contributed by atoms with Gasteiger partial charge >= 0.3 is 5.97 Å². The Kier molecular flexibility index (Phi) is 4.20. The Morgan fingerprint density at radius 3 is 2.50 bits per heavy atom. The molecule has 0 aliphatic carbocycles. The quantitative estimate of drug-likeness (QED) is 0.865. The van der Waals surface area contributed by atoms with Crippen LogP contribution >= 0.6 is 11.6 Å². The number of benzene rings is 2. The van der Waals surface area contributed by atoms with Gasteiger partial charge in [0, 0.05) is 16.5 Å². The van der Waals surface area contributed by atoms with Crippen molar-refractivity contribution in [2.75, 3.05) is 0 Å². The Balaban J connectivity index is 2.49. The minimum absolute atomic E-state index is 0.171. The Morgan fingerprint density at radius 2 is 1.90 bits per heavy atom. The van der Waals surface area contributed by atoms with Gasteiger partial charge < -0.3 is 5.11 Å². The zero-order valence-corrected chi connectivity index (χ0v) is 11.6. The summed E-state index contributed by atoms with van der Waals surface area (Å²) in [5.74, 6) is -1.14. The van der Waals surface area contributed by atoms with Crippen LogP contribution in [0.2, 0.25) is 5.02 Å². The second kappa shape index (κ2) is 5.88. The Morgan fingerprint density at radius 1 is 1.20 bits per heavy atom. The van der Waals surface area contributed by atoms with Gasteiger partial charge in [-0.05, 0) is 23.3 Å². The van der Waals surface area contributed by atoms with Gasteiger partial charge in [0.1, 0.15) is 6.29 Å². The van der Waals surface area contributed by atoms with Crippen molar-refractivity contribution in [1.29, 1.82) is 0 Å². The van der Waals surface area contributed by atoms with Gasteiger partial charge in [0.2, 0.25) is 0 Å². The molecule has 2 rings (SSSR count). The second-order valence-electron chi connectivity index (χ2n) is 4.51. The highest BCUT2D eigenvalue weighted by Gasteiger charge is 2.18. The predicted octanol–water partition coefficient (Wildman–Crippen LogP) is 4.00. The van der Waals surface area contributed by atoms with E-state index in [2.05, 4.69) is 0 Å². The third-order valence-electron chi connectivity index (χ3n) is 3.28. The van der Waals surface area contributed by atoms with Crippen LogP contribution in [0, 0.1) is 0 Å². The SMILES string of the molecule is CC(c1ccc(C=O)cc1Cl)c1ccccc1C(=O)O. The molecule has 0 saturated carbocycles. The zero-order valence-electron chi connectivity index (χ0n) is 10.8. The lowest BCUT2D eigenvalue weighted by Crippen LogP contribution is -2.06. The molecule has 0 aromatic heterocycles. The van der Waals surface area contributed by atoms with Gasteiger partial charge in [-0.2, -0.15) is 0 Å². The van der Waals surface area contributed by atoms with Crippen molar-refractivity contribution in [3.63, 3.8) is 0 Å². The Hall–Kier alpha value is -2.13. The van der Waals surface area contributed by atoms with Gasteiger partial charge in [0.15, 0.2) is 0 Å². The molecule has 3 nitrogen and oxygen atoms in total. The van der Waals surface area contributed by atoms with Gasteiger partial charge in [-0.15, -0.1) is 0 Å². The molecule has 2 aromatic carbocycles. The van der Waals surface area contributed by atoms with Gasteiger partial charge in [-0.25, -0.2) is 4.79 Å². The molecule has 0 saturated heterocycles. The number of carboxylic acids is 1. The molecular weight excluding hydrogens is 276 g/mol. The summed E-state index contributed by atoms with van der Waals surface area (Å²) in [4.78, 5) is 22.0. The molecule has 1 N–H and O–H groups in total. The van der Waals surface area contributed by atoms with E-state index in [0.29, 0.717) is 16.1 Å². The molecule has 0 fully saturated rings. The summed E-state index contributed by atoms with van der Waals surface area (Å²) in [6.07, 6.45) is 0.728. The lowest BCUT2D eigenvalue weighted by molar-refractivity contribution is 0.0695. The van der Waals surface area contributed by atoms with Crippen LogP contribution in [0.25, 0.3) is 0 Å². The van der Waals surface area contributed by atoms with Crippen LogP contribution in [0.15, 0.2) is 42.5 Å². The van der Waals surface area contributed by atoms with E-state index in [0.717, 1.165) is 11.8 Å². The van der Waals surface area contributed by atoms with Gasteiger partial charge in [0.25, 0.3) is 0 Å². The summed E-state index contributed by atoms with van der Waals surface area (Å²) in [6.45, 7) is 1.89. The first-order valence-electron chi connectivity index (χ1n) is 6.11. The maximum absolute atomic E-state index is 11.3. The highest BCUT2D eigenvalue weighted by Crippen LogP contribution is 2.32. The van der Waals surface area contributed by atoms with Crippen LogP contribution in [0.3, 0.4) is 0 Å². The summed E-state index contributed by atoms with van der Waals surface area (Å²) in [7, 11) is 0. The molecule has 4 heteroatoms. The average Bonchev–Trinajstić information content (AvgIpc) is 2.46. The molecular formula is C16H13ClO3. The molecule has 20 heavy (non-hydrogen) atoms. The number of aromatic carboxylic acids is 1. The molecule has 0 amide bonds. The minimum Gasteiger partial charge on any atom is -0.478 e. The first kappa shape index (κ1) is 14.3. The smallest absolute Gasteiger partial charge is 0.335 e. The normalized spacial score (nSPS) is 11.9. The summed E-state index contributed by atoms with van der Waals surface area (Å²) in [5.41, 5.74) is 2.25. The number of carboxylic acid groups (broad SMARTS) is 1.